The Morgan fingerprint density at radius 1 is 0.875 bits per heavy atom. The highest BCUT2D eigenvalue weighted by Crippen LogP contribution is 2.25. The Labute approximate surface area is 143 Å². The first-order chi connectivity index (χ1) is 11.2. The zero-order valence-corrected chi connectivity index (χ0v) is 15.8. The molecular weight excluding hydrogens is 335 g/mol. The summed E-state index contributed by atoms with van der Waals surface area (Å²) in [6.07, 6.45) is -0.0610. The SMILES string of the molecule is C=C(C)C(=O)OC(CC)CO[PH](=O)OCC(CC)OC(=O)C(=C)C. The van der Waals surface area contributed by atoms with Gasteiger partial charge in [0.25, 0.3) is 0 Å². The molecule has 0 amide bonds. The van der Waals surface area contributed by atoms with Crippen molar-refractivity contribution in [2.24, 2.45) is 0 Å². The maximum Gasteiger partial charge on any atom is 0.333 e. The van der Waals surface area contributed by atoms with Gasteiger partial charge in [0, 0.05) is 11.1 Å². The van der Waals surface area contributed by atoms with E-state index in [1.807, 2.05) is 13.8 Å². The molecule has 0 fully saturated rings. The topological polar surface area (TPSA) is 88.1 Å². The minimum Gasteiger partial charge on any atom is -0.457 e. The fraction of sp³-hybridized carbons (Fsp3) is 0.625. The van der Waals surface area contributed by atoms with Crippen LogP contribution >= 0.6 is 8.25 Å². The molecule has 0 saturated heterocycles. The van der Waals surface area contributed by atoms with E-state index in [1.54, 1.807) is 13.8 Å². The summed E-state index contributed by atoms with van der Waals surface area (Å²) < 4.78 is 32.1. The molecule has 24 heavy (non-hydrogen) atoms. The molecule has 0 aliphatic heterocycles. The van der Waals surface area contributed by atoms with Gasteiger partial charge < -0.3 is 18.5 Å². The van der Waals surface area contributed by atoms with Crippen molar-refractivity contribution in [1.82, 2.24) is 0 Å². The molecule has 2 unspecified atom stereocenters. The summed E-state index contributed by atoms with van der Waals surface area (Å²) in [5.74, 6) is -1.05. The molecule has 0 N–H and O–H groups in total. The molecule has 7 nitrogen and oxygen atoms in total. The first-order valence-corrected chi connectivity index (χ1v) is 8.96. The van der Waals surface area contributed by atoms with Crippen LogP contribution in [-0.2, 0) is 32.7 Å². The Bertz CT molecular complexity index is 445. The molecule has 0 rings (SSSR count). The van der Waals surface area contributed by atoms with Gasteiger partial charge in [0.1, 0.15) is 12.2 Å². The van der Waals surface area contributed by atoms with E-state index in [4.69, 9.17) is 18.5 Å². The predicted octanol–water partition coefficient (Wildman–Crippen LogP) is 3.21. The number of hydrogen-bond acceptors (Lipinski definition) is 7. The summed E-state index contributed by atoms with van der Waals surface area (Å²) in [5.41, 5.74) is 0.560. The van der Waals surface area contributed by atoms with Gasteiger partial charge in [-0.1, -0.05) is 27.0 Å². The summed E-state index contributed by atoms with van der Waals surface area (Å²) >= 11 is 0. The number of ether oxygens (including phenoxy) is 2. The zero-order valence-electron chi connectivity index (χ0n) is 14.8. The Hall–Kier alpha value is -1.43. The van der Waals surface area contributed by atoms with E-state index < -0.39 is 32.4 Å². The van der Waals surface area contributed by atoms with Gasteiger partial charge in [-0.15, -0.1) is 0 Å². The number of rotatable bonds is 12. The fourth-order valence-electron chi connectivity index (χ4n) is 1.34. The fourth-order valence-corrected chi connectivity index (χ4v) is 2.07. The van der Waals surface area contributed by atoms with E-state index in [9.17, 15) is 14.2 Å². The maximum absolute atomic E-state index is 11.7. The van der Waals surface area contributed by atoms with Crippen LogP contribution in [0.4, 0.5) is 0 Å². The Morgan fingerprint density at radius 3 is 1.46 bits per heavy atom. The second-order valence-corrected chi connectivity index (χ2v) is 6.38. The second-order valence-electron chi connectivity index (χ2n) is 5.30. The third-order valence-electron chi connectivity index (χ3n) is 2.93. The van der Waals surface area contributed by atoms with E-state index in [2.05, 4.69) is 13.2 Å². The quantitative estimate of drug-likeness (QED) is 0.299. The molecule has 2 atom stereocenters. The number of hydrogen-bond donors (Lipinski definition) is 0. The lowest BCUT2D eigenvalue weighted by Crippen LogP contribution is -2.23. The summed E-state index contributed by atoms with van der Waals surface area (Å²) in [7, 11) is -2.79. The number of carbonyl (C=O) groups is 2. The lowest BCUT2D eigenvalue weighted by atomic mass is 10.3. The van der Waals surface area contributed by atoms with E-state index >= 15 is 0 Å². The van der Waals surface area contributed by atoms with Crippen LogP contribution in [0, 0.1) is 0 Å². The molecule has 0 aliphatic carbocycles. The van der Waals surface area contributed by atoms with Gasteiger partial charge in [0.2, 0.25) is 0 Å². The minimum absolute atomic E-state index is 0.0460. The molecule has 8 heteroatoms. The largest absolute Gasteiger partial charge is 0.457 e. The van der Waals surface area contributed by atoms with E-state index in [0.717, 1.165) is 0 Å². The zero-order chi connectivity index (χ0) is 18.7. The van der Waals surface area contributed by atoms with Crippen LogP contribution in [0.15, 0.2) is 24.3 Å². The van der Waals surface area contributed by atoms with Crippen molar-refractivity contribution in [2.45, 2.75) is 52.7 Å². The average Bonchev–Trinajstić information content (AvgIpc) is 2.54. The van der Waals surface area contributed by atoms with Gasteiger partial charge in [0.05, 0.1) is 13.2 Å². The van der Waals surface area contributed by atoms with Gasteiger partial charge >= 0.3 is 20.2 Å². The monoisotopic (exact) mass is 362 g/mol. The molecule has 0 radical (unpaired) electrons. The van der Waals surface area contributed by atoms with Crippen LogP contribution in [-0.4, -0.2) is 37.4 Å². The number of carbonyl (C=O) groups excluding carboxylic acids is 2. The van der Waals surface area contributed by atoms with E-state index in [1.165, 1.54) is 0 Å². The summed E-state index contributed by atoms with van der Waals surface area (Å²) in [6, 6.07) is 0. The standard InChI is InChI=1S/C16H27O7P/c1-7-13(22-15(17)11(3)4)9-20-24(19)21-10-14(8-2)23-16(18)12(5)6/h13-14,24H,3,5,7-10H2,1-2,4,6H3. The highest BCUT2D eigenvalue weighted by Gasteiger charge is 2.17. The van der Waals surface area contributed by atoms with Gasteiger partial charge in [-0.05, 0) is 26.7 Å². The second kappa shape index (κ2) is 12.0. The lowest BCUT2D eigenvalue weighted by Gasteiger charge is -2.18. The van der Waals surface area contributed by atoms with Crippen molar-refractivity contribution in [2.75, 3.05) is 13.2 Å². The van der Waals surface area contributed by atoms with Crippen LogP contribution < -0.4 is 0 Å². The van der Waals surface area contributed by atoms with Crippen LogP contribution in [0.25, 0.3) is 0 Å². The Kier molecular flexibility index (Phi) is 11.3. The summed E-state index contributed by atoms with van der Waals surface area (Å²) in [4.78, 5) is 22.9. The van der Waals surface area contributed by atoms with Crippen LogP contribution in [0.5, 0.6) is 0 Å². The molecule has 0 bridgehead atoms. The number of esters is 2. The van der Waals surface area contributed by atoms with Crippen LogP contribution in [0.1, 0.15) is 40.5 Å². The van der Waals surface area contributed by atoms with Gasteiger partial charge in [-0.25, -0.2) is 9.59 Å². The van der Waals surface area contributed by atoms with Crippen LogP contribution in [0.3, 0.4) is 0 Å². The van der Waals surface area contributed by atoms with Gasteiger partial charge in [-0.2, -0.15) is 0 Å². The lowest BCUT2D eigenvalue weighted by molar-refractivity contribution is -0.146. The van der Waals surface area contributed by atoms with Gasteiger partial charge in [0.15, 0.2) is 0 Å². The van der Waals surface area contributed by atoms with Gasteiger partial charge in [-0.3, -0.25) is 4.57 Å². The Morgan fingerprint density at radius 2 is 1.21 bits per heavy atom. The highest BCUT2D eigenvalue weighted by atomic mass is 31.1. The summed E-state index contributed by atoms with van der Waals surface area (Å²) in [6.45, 7) is 13.6. The third kappa shape index (κ3) is 9.65. The van der Waals surface area contributed by atoms with E-state index in [-0.39, 0.29) is 24.4 Å². The molecule has 0 heterocycles. The van der Waals surface area contributed by atoms with Crippen LogP contribution in [0.2, 0.25) is 0 Å². The van der Waals surface area contributed by atoms with Crippen molar-refractivity contribution in [3.8, 4) is 0 Å². The smallest absolute Gasteiger partial charge is 0.333 e. The highest BCUT2D eigenvalue weighted by molar-refractivity contribution is 7.33. The molecule has 0 aliphatic rings. The van der Waals surface area contributed by atoms with E-state index in [0.29, 0.717) is 12.8 Å². The molecule has 138 valence electrons. The normalized spacial score (nSPS) is 14.3. The Balaban J connectivity index is 4.23. The average molecular weight is 362 g/mol. The molecule has 0 aromatic carbocycles. The van der Waals surface area contributed by atoms with Crippen molar-refractivity contribution >= 4 is 20.2 Å². The molecular formula is C16H27O7P. The van der Waals surface area contributed by atoms with Crippen molar-refractivity contribution in [1.29, 1.82) is 0 Å². The molecule has 0 spiro atoms. The molecule has 0 saturated carbocycles. The maximum atomic E-state index is 11.7. The van der Waals surface area contributed by atoms with Crippen molar-refractivity contribution in [3.05, 3.63) is 24.3 Å². The summed E-state index contributed by atoms with van der Waals surface area (Å²) in [5, 5.41) is 0. The third-order valence-corrected chi connectivity index (χ3v) is 3.73. The minimum atomic E-state index is -2.79. The first-order valence-electron chi connectivity index (χ1n) is 7.73. The van der Waals surface area contributed by atoms with Crippen molar-refractivity contribution < 1.29 is 32.7 Å². The molecule has 0 aromatic heterocycles. The van der Waals surface area contributed by atoms with Crippen molar-refractivity contribution in [3.63, 3.8) is 0 Å². The first kappa shape index (κ1) is 22.6. The molecule has 0 aromatic rings. The predicted molar refractivity (Wildman–Crippen MR) is 90.9 cm³/mol.